The van der Waals surface area contributed by atoms with Crippen molar-refractivity contribution < 1.29 is 9.59 Å². The zero-order valence-electron chi connectivity index (χ0n) is 8.09. The Morgan fingerprint density at radius 3 is 2.93 bits per heavy atom. The van der Waals surface area contributed by atoms with Crippen molar-refractivity contribution in [1.82, 2.24) is 5.32 Å². The monoisotopic (exact) mass is 202 g/mol. The molecule has 3 rings (SSSR count). The Morgan fingerprint density at radius 1 is 1.20 bits per heavy atom. The summed E-state index contributed by atoms with van der Waals surface area (Å²) in [5, 5.41) is 5.92. The molecule has 0 unspecified atom stereocenters. The van der Waals surface area contributed by atoms with Crippen LogP contribution in [0.2, 0.25) is 0 Å². The minimum Gasteiger partial charge on any atom is -0.318 e. The maximum Gasteiger partial charge on any atom is 0.296 e. The lowest BCUT2D eigenvalue weighted by Gasteiger charge is -2.19. The fourth-order valence-corrected chi connectivity index (χ4v) is 2.20. The molecule has 15 heavy (non-hydrogen) atoms. The van der Waals surface area contributed by atoms with Crippen LogP contribution < -0.4 is 10.6 Å². The Kier molecular flexibility index (Phi) is 1.67. The van der Waals surface area contributed by atoms with E-state index in [0.717, 1.165) is 30.8 Å². The van der Waals surface area contributed by atoms with Crippen LogP contribution in [0.25, 0.3) is 0 Å². The highest BCUT2D eigenvalue weighted by Gasteiger charge is 2.31. The smallest absolute Gasteiger partial charge is 0.296 e. The first-order chi connectivity index (χ1) is 7.27. The van der Waals surface area contributed by atoms with E-state index in [9.17, 15) is 9.59 Å². The Bertz CT molecular complexity index is 480. The summed E-state index contributed by atoms with van der Waals surface area (Å²) in [6.45, 7) is 1.71. The van der Waals surface area contributed by atoms with Crippen LogP contribution in [0.5, 0.6) is 0 Å². The van der Waals surface area contributed by atoms with Crippen LogP contribution >= 0.6 is 0 Å². The number of benzene rings is 1. The summed E-state index contributed by atoms with van der Waals surface area (Å²) in [5.74, 6) is -0.914. The van der Waals surface area contributed by atoms with Crippen molar-refractivity contribution in [1.29, 1.82) is 0 Å². The van der Waals surface area contributed by atoms with Gasteiger partial charge in [-0.05, 0) is 30.2 Å². The molecule has 0 radical (unpaired) electrons. The van der Waals surface area contributed by atoms with Crippen LogP contribution in [-0.2, 0) is 17.8 Å². The average Bonchev–Trinajstić information content (AvgIpc) is 2.56. The summed E-state index contributed by atoms with van der Waals surface area (Å²) in [6, 6.07) is 3.67. The molecule has 2 N–H and O–H groups in total. The molecule has 4 nitrogen and oxygen atoms in total. The molecule has 0 aliphatic carbocycles. The molecule has 1 amide bonds. The average molecular weight is 202 g/mol. The van der Waals surface area contributed by atoms with Crippen molar-refractivity contribution in [2.75, 3.05) is 11.9 Å². The molecule has 0 bridgehead atoms. The van der Waals surface area contributed by atoms with Crippen molar-refractivity contribution in [3.8, 4) is 0 Å². The lowest BCUT2D eigenvalue weighted by Crippen LogP contribution is -2.24. The summed E-state index contributed by atoms with van der Waals surface area (Å²) in [7, 11) is 0. The number of hydrogen-bond donors (Lipinski definition) is 2. The Hall–Kier alpha value is -1.68. The predicted octanol–water partition coefficient (Wildman–Crippen LogP) is 0.467. The minimum absolute atomic E-state index is 0.411. The normalized spacial score (nSPS) is 18.4. The number of fused-ring (bicyclic) bond motifs is 3. The first-order valence-corrected chi connectivity index (χ1v) is 4.98. The molecular formula is C11H10N2O2. The van der Waals surface area contributed by atoms with Crippen molar-refractivity contribution in [3.63, 3.8) is 0 Å². The highest BCUT2D eigenvalue weighted by molar-refractivity contribution is 6.51. The van der Waals surface area contributed by atoms with Gasteiger partial charge in [-0.2, -0.15) is 0 Å². The number of Topliss-reactive ketones (excluding diaryl/α,β-unsaturated/α-hetero) is 1. The van der Waals surface area contributed by atoms with Crippen LogP contribution in [-0.4, -0.2) is 18.2 Å². The van der Waals surface area contributed by atoms with E-state index in [4.69, 9.17) is 0 Å². The van der Waals surface area contributed by atoms with Crippen LogP contribution in [0.1, 0.15) is 21.5 Å². The summed E-state index contributed by atoms with van der Waals surface area (Å²) in [5.41, 5.74) is 3.56. The second-order valence-electron chi connectivity index (χ2n) is 3.84. The van der Waals surface area contributed by atoms with E-state index in [1.165, 1.54) is 5.56 Å². The van der Waals surface area contributed by atoms with Gasteiger partial charge in [-0.15, -0.1) is 0 Å². The van der Waals surface area contributed by atoms with Gasteiger partial charge in [-0.25, -0.2) is 0 Å². The molecule has 0 atom stereocenters. The van der Waals surface area contributed by atoms with Gasteiger partial charge < -0.3 is 10.6 Å². The molecule has 0 aromatic heterocycles. The van der Waals surface area contributed by atoms with Gasteiger partial charge in [0.25, 0.3) is 11.7 Å². The quantitative estimate of drug-likeness (QED) is 0.601. The maximum atomic E-state index is 11.5. The molecule has 1 aromatic rings. The number of rotatable bonds is 0. The summed E-state index contributed by atoms with van der Waals surface area (Å²) < 4.78 is 0. The van der Waals surface area contributed by atoms with Crippen LogP contribution in [0.3, 0.4) is 0 Å². The largest absolute Gasteiger partial charge is 0.318 e. The number of anilines is 1. The topological polar surface area (TPSA) is 58.2 Å². The number of carbonyl (C=O) groups excluding carboxylic acids is 2. The summed E-state index contributed by atoms with van der Waals surface area (Å²) in [6.07, 6.45) is 0.867. The molecule has 0 fully saturated rings. The van der Waals surface area contributed by atoms with Gasteiger partial charge in [0.1, 0.15) is 0 Å². The Morgan fingerprint density at radius 2 is 2.07 bits per heavy atom. The lowest BCUT2D eigenvalue weighted by atomic mass is 9.96. The molecule has 76 valence electrons. The molecule has 0 saturated heterocycles. The van der Waals surface area contributed by atoms with E-state index in [1.54, 1.807) is 6.07 Å². The van der Waals surface area contributed by atoms with Gasteiger partial charge in [0.15, 0.2) is 0 Å². The lowest BCUT2D eigenvalue weighted by molar-refractivity contribution is -0.112. The van der Waals surface area contributed by atoms with Crippen molar-refractivity contribution >= 4 is 17.4 Å². The summed E-state index contributed by atoms with van der Waals surface area (Å²) >= 11 is 0. The summed E-state index contributed by atoms with van der Waals surface area (Å²) in [4.78, 5) is 22.7. The van der Waals surface area contributed by atoms with Crippen molar-refractivity contribution in [2.24, 2.45) is 0 Å². The van der Waals surface area contributed by atoms with Crippen LogP contribution in [0, 0.1) is 0 Å². The second kappa shape index (κ2) is 2.90. The van der Waals surface area contributed by atoms with Gasteiger partial charge >= 0.3 is 0 Å². The van der Waals surface area contributed by atoms with E-state index in [1.807, 2.05) is 6.07 Å². The van der Waals surface area contributed by atoms with Gasteiger partial charge in [0.2, 0.25) is 0 Å². The molecule has 1 aromatic carbocycles. The van der Waals surface area contributed by atoms with E-state index in [0.29, 0.717) is 5.56 Å². The molecule has 2 heterocycles. The van der Waals surface area contributed by atoms with E-state index in [-0.39, 0.29) is 0 Å². The van der Waals surface area contributed by atoms with E-state index >= 15 is 0 Å². The van der Waals surface area contributed by atoms with Crippen molar-refractivity contribution in [2.45, 2.75) is 13.0 Å². The Balaban J connectivity index is 2.21. The molecule has 2 aliphatic rings. The highest BCUT2D eigenvalue weighted by Crippen LogP contribution is 2.31. The first kappa shape index (κ1) is 8.61. The zero-order valence-corrected chi connectivity index (χ0v) is 8.09. The second-order valence-corrected chi connectivity index (χ2v) is 3.84. The van der Waals surface area contributed by atoms with E-state index in [2.05, 4.69) is 10.6 Å². The Labute approximate surface area is 86.7 Å². The molecular weight excluding hydrogens is 192 g/mol. The third kappa shape index (κ3) is 1.11. The predicted molar refractivity (Wildman–Crippen MR) is 54.8 cm³/mol. The third-order valence-corrected chi connectivity index (χ3v) is 2.97. The SMILES string of the molecule is O=C1Nc2c(ccc3c2CCNC3)C1=O. The number of carbonyl (C=O) groups is 2. The van der Waals surface area contributed by atoms with Crippen molar-refractivity contribution in [3.05, 3.63) is 28.8 Å². The molecule has 0 saturated carbocycles. The van der Waals surface area contributed by atoms with Crippen LogP contribution in [0.4, 0.5) is 5.69 Å². The molecule has 2 aliphatic heterocycles. The first-order valence-electron chi connectivity index (χ1n) is 4.98. The third-order valence-electron chi connectivity index (χ3n) is 2.97. The number of amides is 1. The van der Waals surface area contributed by atoms with Gasteiger partial charge in [0.05, 0.1) is 11.3 Å². The fourth-order valence-electron chi connectivity index (χ4n) is 2.20. The maximum absolute atomic E-state index is 11.5. The fraction of sp³-hybridized carbons (Fsp3) is 0.273. The molecule has 0 spiro atoms. The number of hydrogen-bond acceptors (Lipinski definition) is 3. The van der Waals surface area contributed by atoms with Gasteiger partial charge in [-0.3, -0.25) is 9.59 Å². The minimum atomic E-state index is -0.503. The van der Waals surface area contributed by atoms with Crippen LogP contribution in [0.15, 0.2) is 12.1 Å². The standard InChI is InChI=1S/C11H10N2O2/c14-10-8-2-1-6-5-12-4-3-7(6)9(8)13-11(10)15/h1-2,12H,3-5H2,(H,13,14,15). The van der Waals surface area contributed by atoms with E-state index < -0.39 is 11.7 Å². The number of ketones is 1. The molecule has 4 heteroatoms. The van der Waals surface area contributed by atoms with Gasteiger partial charge in [0, 0.05) is 6.54 Å². The van der Waals surface area contributed by atoms with Gasteiger partial charge in [-0.1, -0.05) is 6.07 Å². The number of nitrogens with one attached hydrogen (secondary N) is 2. The highest BCUT2D eigenvalue weighted by atomic mass is 16.2. The zero-order chi connectivity index (χ0) is 10.4.